The maximum Gasteiger partial charge on any atom is 0.393 e. The molecule has 0 saturated carbocycles. The molecule has 1 aromatic rings. The number of rotatable bonds is 3. The lowest BCUT2D eigenvalue weighted by atomic mass is 9.97. The smallest absolute Gasteiger partial charge is 0.356 e. The van der Waals surface area contributed by atoms with E-state index in [9.17, 15) is 13.2 Å². The minimum atomic E-state index is -4.12. The summed E-state index contributed by atoms with van der Waals surface area (Å²) in [5.41, 5.74) is 6.72. The third-order valence-corrected chi connectivity index (χ3v) is 3.58. The van der Waals surface area contributed by atoms with Gasteiger partial charge in [0.05, 0.1) is 5.92 Å². The zero-order valence-corrected chi connectivity index (χ0v) is 11.5. The fourth-order valence-corrected chi connectivity index (χ4v) is 2.55. The molecule has 0 amide bonds. The standard InChI is InChI=1S/C14H20F3N3/c1-10(18)7-11-4-5-13(19-8-11)20-6-2-3-12(9-20)14(15,16)17/h4-5,8,10,12H,2-3,6-7,9,18H2,1H3. The average Bonchev–Trinajstić information content (AvgIpc) is 2.38. The summed E-state index contributed by atoms with van der Waals surface area (Å²) in [6.45, 7) is 2.54. The van der Waals surface area contributed by atoms with Crippen molar-refractivity contribution in [2.24, 2.45) is 11.7 Å². The van der Waals surface area contributed by atoms with Crippen molar-refractivity contribution in [3.8, 4) is 0 Å². The molecule has 0 aliphatic carbocycles. The largest absolute Gasteiger partial charge is 0.393 e. The molecule has 3 nitrogen and oxygen atoms in total. The predicted molar refractivity (Wildman–Crippen MR) is 72.6 cm³/mol. The zero-order chi connectivity index (χ0) is 14.8. The van der Waals surface area contributed by atoms with Crippen LogP contribution in [0.5, 0.6) is 0 Å². The molecule has 0 bridgehead atoms. The number of halogens is 3. The molecule has 1 aliphatic rings. The second kappa shape index (κ2) is 5.99. The van der Waals surface area contributed by atoms with Crippen LogP contribution in [0.4, 0.5) is 19.0 Å². The first kappa shape index (κ1) is 15.1. The maximum absolute atomic E-state index is 12.8. The summed E-state index contributed by atoms with van der Waals surface area (Å²) in [4.78, 5) is 5.99. The molecule has 112 valence electrons. The predicted octanol–water partition coefficient (Wildman–Crippen LogP) is 2.75. The SMILES string of the molecule is CC(N)Cc1ccc(N2CCCC(C(F)(F)F)C2)nc1. The highest BCUT2D eigenvalue weighted by molar-refractivity contribution is 5.40. The first-order valence-corrected chi connectivity index (χ1v) is 6.88. The Morgan fingerprint density at radius 1 is 1.45 bits per heavy atom. The number of anilines is 1. The normalized spacial score (nSPS) is 21.9. The fourth-order valence-electron chi connectivity index (χ4n) is 2.55. The van der Waals surface area contributed by atoms with Crippen molar-refractivity contribution < 1.29 is 13.2 Å². The summed E-state index contributed by atoms with van der Waals surface area (Å²) in [6, 6.07) is 3.73. The van der Waals surface area contributed by atoms with Crippen LogP contribution < -0.4 is 10.6 Å². The lowest BCUT2D eigenvalue weighted by Gasteiger charge is -2.34. The van der Waals surface area contributed by atoms with Crippen LogP contribution in [0, 0.1) is 5.92 Å². The van der Waals surface area contributed by atoms with E-state index in [2.05, 4.69) is 4.98 Å². The summed E-state index contributed by atoms with van der Waals surface area (Å²) >= 11 is 0. The van der Waals surface area contributed by atoms with E-state index in [1.165, 1.54) is 0 Å². The van der Waals surface area contributed by atoms with E-state index in [1.54, 1.807) is 17.2 Å². The van der Waals surface area contributed by atoms with Crippen LogP contribution >= 0.6 is 0 Å². The fraction of sp³-hybridized carbons (Fsp3) is 0.643. The summed E-state index contributed by atoms with van der Waals surface area (Å²) in [5.74, 6) is -0.630. The number of pyridine rings is 1. The van der Waals surface area contributed by atoms with Crippen LogP contribution in [0.15, 0.2) is 18.3 Å². The number of piperidine rings is 1. The Morgan fingerprint density at radius 2 is 2.20 bits per heavy atom. The van der Waals surface area contributed by atoms with Crippen LogP contribution in [0.25, 0.3) is 0 Å². The lowest BCUT2D eigenvalue weighted by molar-refractivity contribution is -0.176. The highest BCUT2D eigenvalue weighted by Gasteiger charge is 2.41. The highest BCUT2D eigenvalue weighted by atomic mass is 19.4. The van der Waals surface area contributed by atoms with Crippen LogP contribution in [0.2, 0.25) is 0 Å². The Bertz CT molecular complexity index is 428. The van der Waals surface area contributed by atoms with Crippen molar-refractivity contribution in [1.29, 1.82) is 0 Å². The molecule has 0 radical (unpaired) electrons. The van der Waals surface area contributed by atoms with Crippen LogP contribution in [-0.2, 0) is 6.42 Å². The molecule has 2 atom stereocenters. The van der Waals surface area contributed by atoms with Gasteiger partial charge in [-0.1, -0.05) is 6.07 Å². The number of aromatic nitrogens is 1. The summed E-state index contributed by atoms with van der Waals surface area (Å²) in [6.07, 6.45) is -0.932. The molecule has 1 aromatic heterocycles. The molecular formula is C14H20F3N3. The second-order valence-electron chi connectivity index (χ2n) is 5.53. The molecule has 1 aliphatic heterocycles. The first-order valence-electron chi connectivity index (χ1n) is 6.88. The number of nitrogens with two attached hydrogens (primary N) is 1. The van der Waals surface area contributed by atoms with Gasteiger partial charge in [-0.3, -0.25) is 0 Å². The van der Waals surface area contributed by atoms with Crippen LogP contribution in [0.1, 0.15) is 25.3 Å². The van der Waals surface area contributed by atoms with Gasteiger partial charge in [0.1, 0.15) is 5.82 Å². The summed E-state index contributed by atoms with van der Waals surface area (Å²) < 4.78 is 38.3. The van der Waals surface area contributed by atoms with E-state index in [4.69, 9.17) is 5.73 Å². The van der Waals surface area contributed by atoms with E-state index in [0.29, 0.717) is 18.8 Å². The number of hydrogen-bond acceptors (Lipinski definition) is 3. The summed E-state index contributed by atoms with van der Waals surface area (Å²) in [7, 11) is 0. The van der Waals surface area contributed by atoms with E-state index in [-0.39, 0.29) is 19.0 Å². The Balaban J connectivity index is 2.04. The van der Waals surface area contributed by atoms with E-state index < -0.39 is 12.1 Å². The molecule has 2 N–H and O–H groups in total. The van der Waals surface area contributed by atoms with Crippen LogP contribution in [0.3, 0.4) is 0 Å². The van der Waals surface area contributed by atoms with Crippen molar-refractivity contribution in [3.05, 3.63) is 23.9 Å². The van der Waals surface area contributed by atoms with Crippen molar-refractivity contribution in [2.45, 2.75) is 38.4 Å². The van der Waals surface area contributed by atoms with Gasteiger partial charge in [-0.15, -0.1) is 0 Å². The van der Waals surface area contributed by atoms with E-state index in [1.807, 2.05) is 13.0 Å². The monoisotopic (exact) mass is 287 g/mol. The molecule has 1 saturated heterocycles. The number of nitrogens with zero attached hydrogens (tertiary/aromatic N) is 2. The van der Waals surface area contributed by atoms with Crippen molar-refractivity contribution in [1.82, 2.24) is 4.98 Å². The van der Waals surface area contributed by atoms with E-state index in [0.717, 1.165) is 12.0 Å². The third kappa shape index (κ3) is 3.85. The van der Waals surface area contributed by atoms with Gasteiger partial charge in [-0.25, -0.2) is 4.98 Å². The van der Waals surface area contributed by atoms with Gasteiger partial charge in [-0.2, -0.15) is 13.2 Å². The number of alkyl halides is 3. The van der Waals surface area contributed by atoms with Crippen molar-refractivity contribution in [3.63, 3.8) is 0 Å². The maximum atomic E-state index is 12.8. The van der Waals surface area contributed by atoms with Gasteiger partial charge in [0, 0.05) is 25.3 Å². The van der Waals surface area contributed by atoms with Gasteiger partial charge in [0.2, 0.25) is 0 Å². The average molecular weight is 287 g/mol. The van der Waals surface area contributed by atoms with Crippen LogP contribution in [-0.4, -0.2) is 30.3 Å². The molecule has 1 fully saturated rings. The topological polar surface area (TPSA) is 42.1 Å². The minimum absolute atomic E-state index is 0.00311. The molecule has 20 heavy (non-hydrogen) atoms. The van der Waals surface area contributed by atoms with Gasteiger partial charge < -0.3 is 10.6 Å². The van der Waals surface area contributed by atoms with Gasteiger partial charge in [-0.05, 0) is 37.8 Å². The first-order chi connectivity index (χ1) is 9.36. The van der Waals surface area contributed by atoms with Gasteiger partial charge >= 0.3 is 6.18 Å². The minimum Gasteiger partial charge on any atom is -0.356 e. The zero-order valence-electron chi connectivity index (χ0n) is 11.5. The van der Waals surface area contributed by atoms with E-state index >= 15 is 0 Å². The second-order valence-corrected chi connectivity index (χ2v) is 5.53. The van der Waals surface area contributed by atoms with Gasteiger partial charge in [0.25, 0.3) is 0 Å². The molecular weight excluding hydrogens is 267 g/mol. The van der Waals surface area contributed by atoms with Crippen molar-refractivity contribution >= 4 is 5.82 Å². The number of hydrogen-bond donors (Lipinski definition) is 1. The molecule has 2 heterocycles. The lowest BCUT2D eigenvalue weighted by Crippen LogP contribution is -2.42. The molecule has 2 unspecified atom stereocenters. The molecule has 2 rings (SSSR count). The molecule has 6 heteroatoms. The Morgan fingerprint density at radius 3 is 2.75 bits per heavy atom. The van der Waals surface area contributed by atoms with Gasteiger partial charge in [0.15, 0.2) is 0 Å². The van der Waals surface area contributed by atoms with Crippen molar-refractivity contribution in [2.75, 3.05) is 18.0 Å². The molecule has 0 aromatic carbocycles. The summed E-state index contributed by atoms with van der Waals surface area (Å²) in [5, 5.41) is 0. The third-order valence-electron chi connectivity index (χ3n) is 3.58. The highest BCUT2D eigenvalue weighted by Crippen LogP contribution is 2.34. The molecule has 0 spiro atoms. The Hall–Kier alpha value is -1.30. The Labute approximate surface area is 117 Å². The Kier molecular flexibility index (Phi) is 4.52. The quantitative estimate of drug-likeness (QED) is 0.929.